The summed E-state index contributed by atoms with van der Waals surface area (Å²) < 4.78 is 0. The van der Waals surface area contributed by atoms with Crippen LogP contribution in [0.4, 0.5) is 5.69 Å². The molecule has 3 aromatic rings. The van der Waals surface area contributed by atoms with E-state index >= 15 is 0 Å². The molecule has 6 nitrogen and oxygen atoms in total. The van der Waals surface area contributed by atoms with Crippen molar-refractivity contribution in [3.63, 3.8) is 0 Å². The summed E-state index contributed by atoms with van der Waals surface area (Å²) in [7, 11) is 0. The molecule has 0 aliphatic rings. The fourth-order valence-corrected chi connectivity index (χ4v) is 3.19. The highest BCUT2D eigenvalue weighted by Crippen LogP contribution is 2.15. The molecule has 0 fully saturated rings. The molecule has 2 aromatic carbocycles. The van der Waals surface area contributed by atoms with Gasteiger partial charge in [-0.25, -0.2) is 0 Å². The summed E-state index contributed by atoms with van der Waals surface area (Å²) in [6.45, 7) is 4.42. The van der Waals surface area contributed by atoms with Gasteiger partial charge in [-0.1, -0.05) is 54.2 Å². The van der Waals surface area contributed by atoms with Gasteiger partial charge in [0, 0.05) is 17.8 Å². The first-order chi connectivity index (χ1) is 13.0. The van der Waals surface area contributed by atoms with E-state index < -0.39 is 0 Å². The van der Waals surface area contributed by atoms with Crippen molar-refractivity contribution in [2.24, 2.45) is 0 Å². The van der Waals surface area contributed by atoms with Gasteiger partial charge >= 0.3 is 0 Å². The molecule has 0 radical (unpaired) electrons. The lowest BCUT2D eigenvalue weighted by molar-refractivity contribution is 0.0949. The number of aromatic nitrogens is 2. The summed E-state index contributed by atoms with van der Waals surface area (Å²) in [5, 5.41) is 14.6. The third-order valence-corrected chi connectivity index (χ3v) is 4.95. The molecule has 27 heavy (non-hydrogen) atoms. The molecule has 138 valence electrons. The molecule has 0 bridgehead atoms. The van der Waals surface area contributed by atoms with E-state index in [9.17, 15) is 9.59 Å². The smallest absolute Gasteiger partial charge is 0.286 e. The minimum Gasteiger partial charge on any atom is -0.348 e. The Balaban J connectivity index is 1.63. The first kappa shape index (κ1) is 18.7. The zero-order valence-electron chi connectivity index (χ0n) is 15.2. The Bertz CT molecular complexity index is 968. The van der Waals surface area contributed by atoms with Crippen LogP contribution in [0.25, 0.3) is 0 Å². The van der Waals surface area contributed by atoms with Crippen LogP contribution >= 0.6 is 11.3 Å². The second-order valence-corrected chi connectivity index (χ2v) is 7.12. The van der Waals surface area contributed by atoms with Crippen LogP contribution < -0.4 is 10.6 Å². The second-order valence-electron chi connectivity index (χ2n) is 6.06. The van der Waals surface area contributed by atoms with E-state index in [1.165, 1.54) is 11.3 Å². The van der Waals surface area contributed by atoms with Crippen LogP contribution in [-0.4, -0.2) is 22.0 Å². The number of carbonyl (C=O) groups excluding carboxylic acids is 2. The van der Waals surface area contributed by atoms with Gasteiger partial charge in [-0.3, -0.25) is 9.59 Å². The lowest BCUT2D eigenvalue weighted by atomic mass is 10.1. The van der Waals surface area contributed by atoms with E-state index in [0.29, 0.717) is 22.8 Å². The van der Waals surface area contributed by atoms with Gasteiger partial charge in [-0.15, -0.1) is 10.2 Å². The molecule has 0 unspecified atom stereocenters. The van der Waals surface area contributed by atoms with Crippen LogP contribution in [-0.2, 0) is 13.0 Å². The van der Waals surface area contributed by atoms with Gasteiger partial charge < -0.3 is 10.6 Å². The standard InChI is InChI=1S/C20H20N4O2S/c1-3-17-23-24-20(27-17)19(26)22-16-9-5-8-15(11-16)18(25)21-12-14-7-4-6-13(2)10-14/h4-11H,3,12H2,1-2H3,(H,21,25)(H,22,26). The van der Waals surface area contributed by atoms with Crippen LogP contribution in [0.15, 0.2) is 48.5 Å². The summed E-state index contributed by atoms with van der Waals surface area (Å²) >= 11 is 1.26. The van der Waals surface area contributed by atoms with Gasteiger partial charge in [0.15, 0.2) is 0 Å². The molecule has 3 rings (SSSR count). The average molecular weight is 380 g/mol. The summed E-state index contributed by atoms with van der Waals surface area (Å²) in [5.41, 5.74) is 3.20. The number of amides is 2. The Morgan fingerprint density at radius 2 is 1.85 bits per heavy atom. The zero-order valence-corrected chi connectivity index (χ0v) is 16.0. The first-order valence-corrected chi connectivity index (χ1v) is 9.44. The van der Waals surface area contributed by atoms with Crippen molar-refractivity contribution >= 4 is 28.8 Å². The third-order valence-electron chi connectivity index (χ3n) is 3.88. The molecule has 0 aliphatic carbocycles. The number of hydrogen-bond donors (Lipinski definition) is 2. The third kappa shape index (κ3) is 4.98. The van der Waals surface area contributed by atoms with E-state index in [-0.39, 0.29) is 11.8 Å². The topological polar surface area (TPSA) is 84.0 Å². The fraction of sp³-hybridized carbons (Fsp3) is 0.200. The normalized spacial score (nSPS) is 10.4. The largest absolute Gasteiger partial charge is 0.348 e. The van der Waals surface area contributed by atoms with Crippen LogP contribution in [0, 0.1) is 6.92 Å². The predicted octanol–water partition coefficient (Wildman–Crippen LogP) is 3.59. The van der Waals surface area contributed by atoms with E-state index in [2.05, 4.69) is 20.8 Å². The maximum absolute atomic E-state index is 12.4. The van der Waals surface area contributed by atoms with Crippen molar-refractivity contribution in [3.8, 4) is 0 Å². The van der Waals surface area contributed by atoms with Gasteiger partial charge in [-0.05, 0) is 37.1 Å². The van der Waals surface area contributed by atoms with Crippen molar-refractivity contribution in [2.75, 3.05) is 5.32 Å². The van der Waals surface area contributed by atoms with Gasteiger partial charge in [0.05, 0.1) is 0 Å². The Hall–Kier alpha value is -3.06. The summed E-state index contributed by atoms with van der Waals surface area (Å²) in [5.74, 6) is -0.527. The van der Waals surface area contributed by atoms with E-state index in [1.54, 1.807) is 24.3 Å². The van der Waals surface area contributed by atoms with E-state index in [0.717, 1.165) is 22.6 Å². The summed E-state index contributed by atoms with van der Waals surface area (Å²) in [6, 6.07) is 14.8. The molecule has 1 aromatic heterocycles. The Morgan fingerprint density at radius 1 is 1.04 bits per heavy atom. The highest BCUT2D eigenvalue weighted by Gasteiger charge is 2.13. The summed E-state index contributed by atoms with van der Waals surface area (Å²) in [6.07, 6.45) is 0.738. The number of anilines is 1. The molecule has 0 saturated carbocycles. The lowest BCUT2D eigenvalue weighted by Gasteiger charge is -2.08. The maximum atomic E-state index is 12.4. The second kappa shape index (κ2) is 8.55. The fourth-order valence-electron chi connectivity index (χ4n) is 2.52. The highest BCUT2D eigenvalue weighted by molar-refractivity contribution is 7.13. The SMILES string of the molecule is CCc1nnc(C(=O)Nc2cccc(C(=O)NCc3cccc(C)c3)c2)s1. The quantitative estimate of drug-likeness (QED) is 0.684. The van der Waals surface area contributed by atoms with Crippen molar-refractivity contribution in [2.45, 2.75) is 26.8 Å². The van der Waals surface area contributed by atoms with Gasteiger partial charge in [0.2, 0.25) is 5.01 Å². The molecule has 0 spiro atoms. The highest BCUT2D eigenvalue weighted by atomic mass is 32.1. The van der Waals surface area contributed by atoms with E-state index in [1.807, 2.05) is 38.1 Å². The van der Waals surface area contributed by atoms with Crippen LogP contribution in [0.5, 0.6) is 0 Å². The van der Waals surface area contributed by atoms with Crippen LogP contribution in [0.3, 0.4) is 0 Å². The van der Waals surface area contributed by atoms with Crippen molar-refractivity contribution in [3.05, 3.63) is 75.2 Å². The number of nitrogens with one attached hydrogen (secondary N) is 2. The number of aryl methyl sites for hydroxylation is 2. The number of benzene rings is 2. The van der Waals surface area contributed by atoms with Crippen molar-refractivity contribution < 1.29 is 9.59 Å². The molecule has 7 heteroatoms. The lowest BCUT2D eigenvalue weighted by Crippen LogP contribution is -2.23. The Morgan fingerprint density at radius 3 is 2.59 bits per heavy atom. The van der Waals surface area contributed by atoms with Crippen molar-refractivity contribution in [1.29, 1.82) is 0 Å². The van der Waals surface area contributed by atoms with Crippen molar-refractivity contribution in [1.82, 2.24) is 15.5 Å². The number of carbonyl (C=O) groups is 2. The molecule has 2 amide bonds. The molecule has 0 saturated heterocycles. The maximum Gasteiger partial charge on any atom is 0.286 e. The number of nitrogens with zero attached hydrogens (tertiary/aromatic N) is 2. The zero-order chi connectivity index (χ0) is 19.2. The van der Waals surface area contributed by atoms with E-state index in [4.69, 9.17) is 0 Å². The molecule has 0 atom stereocenters. The van der Waals surface area contributed by atoms with Crippen LogP contribution in [0.1, 0.15) is 43.2 Å². The van der Waals surface area contributed by atoms with Gasteiger partial charge in [0.25, 0.3) is 11.8 Å². The summed E-state index contributed by atoms with van der Waals surface area (Å²) in [4.78, 5) is 24.7. The Labute approximate surface area is 161 Å². The van der Waals surface area contributed by atoms with Gasteiger partial charge in [0.1, 0.15) is 5.01 Å². The monoisotopic (exact) mass is 380 g/mol. The van der Waals surface area contributed by atoms with Gasteiger partial charge in [-0.2, -0.15) is 0 Å². The number of rotatable bonds is 6. The minimum absolute atomic E-state index is 0.197. The predicted molar refractivity (Wildman–Crippen MR) is 106 cm³/mol. The molecule has 2 N–H and O–H groups in total. The molecular weight excluding hydrogens is 360 g/mol. The minimum atomic E-state index is -0.329. The molecular formula is C20H20N4O2S. The number of hydrogen-bond acceptors (Lipinski definition) is 5. The molecule has 0 aliphatic heterocycles. The molecule has 1 heterocycles. The first-order valence-electron chi connectivity index (χ1n) is 8.62. The van der Waals surface area contributed by atoms with Crippen LogP contribution in [0.2, 0.25) is 0 Å². The average Bonchev–Trinajstić information content (AvgIpc) is 3.16. The Kier molecular flexibility index (Phi) is 5.93.